The van der Waals surface area contributed by atoms with Crippen molar-refractivity contribution >= 4 is 11.8 Å². The first kappa shape index (κ1) is 13.5. The first-order chi connectivity index (χ1) is 9.00. The van der Waals surface area contributed by atoms with E-state index < -0.39 is 11.9 Å². The lowest BCUT2D eigenvalue weighted by Gasteiger charge is -2.34. The highest BCUT2D eigenvalue weighted by molar-refractivity contribution is 5.98. The van der Waals surface area contributed by atoms with Crippen molar-refractivity contribution in [1.29, 1.82) is 0 Å². The predicted molar refractivity (Wildman–Crippen MR) is 69.0 cm³/mol. The highest BCUT2D eigenvalue weighted by Gasteiger charge is 2.31. The Morgan fingerprint density at radius 3 is 2.74 bits per heavy atom. The molecule has 0 aliphatic carbocycles. The Bertz CT molecular complexity index is 516. The summed E-state index contributed by atoms with van der Waals surface area (Å²) in [6, 6.07) is 3.48. The number of hydrogen-bond donors (Lipinski definition) is 1. The number of carbonyl (C=O) groups is 2. The van der Waals surface area contributed by atoms with Crippen LogP contribution < -0.4 is 5.73 Å². The van der Waals surface area contributed by atoms with Crippen molar-refractivity contribution in [1.82, 2.24) is 4.90 Å². The second-order valence-corrected chi connectivity index (χ2v) is 4.87. The van der Waals surface area contributed by atoms with Gasteiger partial charge in [-0.2, -0.15) is 0 Å². The first-order valence-electron chi connectivity index (χ1n) is 6.37. The predicted octanol–water partition coefficient (Wildman–Crippen LogP) is 1.61. The van der Waals surface area contributed by atoms with E-state index in [1.807, 2.05) is 0 Å². The number of carbonyl (C=O) groups excluding carboxylic acids is 2. The molecule has 19 heavy (non-hydrogen) atoms. The highest BCUT2D eigenvalue weighted by atomic mass is 19.1. The number of primary amides is 1. The second-order valence-electron chi connectivity index (χ2n) is 4.87. The van der Waals surface area contributed by atoms with E-state index in [4.69, 9.17) is 5.73 Å². The molecule has 0 saturated carbocycles. The Morgan fingerprint density at radius 1 is 1.37 bits per heavy atom. The fraction of sp³-hybridized carbons (Fsp3) is 0.429. The average Bonchev–Trinajstić information content (AvgIpc) is 2.38. The monoisotopic (exact) mass is 264 g/mol. The maximum Gasteiger partial charge on any atom is 0.254 e. The summed E-state index contributed by atoms with van der Waals surface area (Å²) < 4.78 is 13.1. The van der Waals surface area contributed by atoms with Crippen LogP contribution >= 0.6 is 0 Å². The summed E-state index contributed by atoms with van der Waals surface area (Å²) in [6.45, 7) is 2.20. The number of nitrogens with two attached hydrogens (primary N) is 1. The summed E-state index contributed by atoms with van der Waals surface area (Å²) in [5, 5.41) is 0. The third-order valence-electron chi connectivity index (χ3n) is 3.51. The molecule has 2 N–H and O–H groups in total. The van der Waals surface area contributed by atoms with Crippen molar-refractivity contribution in [2.75, 3.05) is 6.54 Å². The molecular weight excluding hydrogens is 247 g/mol. The molecule has 1 unspecified atom stereocenters. The Labute approximate surface area is 111 Å². The molecule has 0 radical (unpaired) electrons. The largest absolute Gasteiger partial charge is 0.368 e. The van der Waals surface area contributed by atoms with E-state index in [0.717, 1.165) is 12.8 Å². The number of nitrogens with zero attached hydrogens (tertiary/aromatic N) is 1. The van der Waals surface area contributed by atoms with Gasteiger partial charge in [0.05, 0.1) is 0 Å². The van der Waals surface area contributed by atoms with Crippen LogP contribution in [-0.4, -0.2) is 29.3 Å². The van der Waals surface area contributed by atoms with Crippen LogP contribution in [0.3, 0.4) is 0 Å². The first-order valence-corrected chi connectivity index (χ1v) is 6.37. The molecule has 102 valence electrons. The summed E-state index contributed by atoms with van der Waals surface area (Å²) in [5.74, 6) is -1.10. The van der Waals surface area contributed by atoms with Crippen LogP contribution in [0.2, 0.25) is 0 Å². The molecule has 2 amide bonds. The van der Waals surface area contributed by atoms with Crippen molar-refractivity contribution in [3.05, 3.63) is 35.1 Å². The smallest absolute Gasteiger partial charge is 0.254 e. The van der Waals surface area contributed by atoms with Gasteiger partial charge >= 0.3 is 0 Å². The molecule has 1 aromatic rings. The van der Waals surface area contributed by atoms with Gasteiger partial charge in [0, 0.05) is 12.1 Å². The number of benzene rings is 1. The van der Waals surface area contributed by atoms with Crippen LogP contribution in [0.1, 0.15) is 35.2 Å². The molecule has 1 aromatic carbocycles. The minimum absolute atomic E-state index is 0.249. The number of likely N-dealkylation sites (tertiary alicyclic amines) is 1. The van der Waals surface area contributed by atoms with Gasteiger partial charge in [0.25, 0.3) is 5.91 Å². The summed E-state index contributed by atoms with van der Waals surface area (Å²) >= 11 is 0. The van der Waals surface area contributed by atoms with Gasteiger partial charge in [-0.05, 0) is 49.9 Å². The maximum atomic E-state index is 13.1. The molecule has 1 atom stereocenters. The average molecular weight is 264 g/mol. The standard InChI is InChI=1S/C14H17FN2O2/c1-9-8-10(15)5-6-11(9)14(19)17-7-3-2-4-12(17)13(16)18/h5-6,8,12H,2-4,7H2,1H3,(H2,16,18). The lowest BCUT2D eigenvalue weighted by molar-refractivity contribution is -0.123. The van der Waals surface area contributed by atoms with E-state index in [2.05, 4.69) is 0 Å². The second kappa shape index (κ2) is 5.38. The van der Waals surface area contributed by atoms with Gasteiger partial charge in [-0.3, -0.25) is 9.59 Å². The highest BCUT2D eigenvalue weighted by Crippen LogP contribution is 2.21. The van der Waals surface area contributed by atoms with Gasteiger partial charge < -0.3 is 10.6 Å². The van der Waals surface area contributed by atoms with Crippen LogP contribution in [0.5, 0.6) is 0 Å². The zero-order chi connectivity index (χ0) is 14.0. The van der Waals surface area contributed by atoms with Gasteiger partial charge in [0.1, 0.15) is 11.9 Å². The van der Waals surface area contributed by atoms with Crippen molar-refractivity contribution < 1.29 is 14.0 Å². The third-order valence-corrected chi connectivity index (χ3v) is 3.51. The summed E-state index contributed by atoms with van der Waals surface area (Å²) in [6.07, 6.45) is 2.34. The number of aryl methyl sites for hydroxylation is 1. The number of rotatable bonds is 2. The van der Waals surface area contributed by atoms with E-state index in [9.17, 15) is 14.0 Å². The lowest BCUT2D eigenvalue weighted by atomic mass is 9.99. The Morgan fingerprint density at radius 2 is 2.11 bits per heavy atom. The molecule has 0 aromatic heterocycles. The molecule has 1 saturated heterocycles. The van der Waals surface area contributed by atoms with E-state index in [1.165, 1.54) is 23.1 Å². The van der Waals surface area contributed by atoms with Gasteiger partial charge in [-0.15, -0.1) is 0 Å². The molecular formula is C14H17FN2O2. The molecule has 0 bridgehead atoms. The van der Waals surface area contributed by atoms with Crippen LogP contribution in [0.25, 0.3) is 0 Å². The Balaban J connectivity index is 2.28. The van der Waals surface area contributed by atoms with Crippen molar-refractivity contribution in [2.24, 2.45) is 5.73 Å². The molecule has 1 heterocycles. The summed E-state index contributed by atoms with van der Waals surface area (Å²) in [5.41, 5.74) is 6.34. The SMILES string of the molecule is Cc1cc(F)ccc1C(=O)N1CCCCC1C(N)=O. The Hall–Kier alpha value is -1.91. The number of amides is 2. The van der Waals surface area contributed by atoms with Crippen molar-refractivity contribution in [3.8, 4) is 0 Å². The summed E-state index contributed by atoms with van der Waals surface area (Å²) in [7, 11) is 0. The van der Waals surface area contributed by atoms with E-state index in [0.29, 0.717) is 24.1 Å². The zero-order valence-electron chi connectivity index (χ0n) is 10.9. The van der Waals surface area contributed by atoms with Crippen LogP contribution in [0.4, 0.5) is 4.39 Å². The van der Waals surface area contributed by atoms with Crippen LogP contribution in [0.15, 0.2) is 18.2 Å². The minimum Gasteiger partial charge on any atom is -0.368 e. The molecule has 1 aliphatic heterocycles. The van der Waals surface area contributed by atoms with Crippen molar-refractivity contribution in [3.63, 3.8) is 0 Å². The van der Waals surface area contributed by atoms with Crippen LogP contribution in [-0.2, 0) is 4.79 Å². The Kier molecular flexibility index (Phi) is 3.83. The molecule has 2 rings (SSSR count). The molecule has 0 spiro atoms. The zero-order valence-corrected chi connectivity index (χ0v) is 10.9. The normalized spacial score (nSPS) is 19.3. The van der Waals surface area contributed by atoms with E-state index >= 15 is 0 Å². The van der Waals surface area contributed by atoms with Gasteiger partial charge in [0.2, 0.25) is 5.91 Å². The van der Waals surface area contributed by atoms with Gasteiger partial charge in [-0.1, -0.05) is 0 Å². The maximum absolute atomic E-state index is 13.1. The van der Waals surface area contributed by atoms with Crippen LogP contribution in [0, 0.1) is 12.7 Å². The molecule has 4 nitrogen and oxygen atoms in total. The lowest BCUT2D eigenvalue weighted by Crippen LogP contribution is -2.50. The van der Waals surface area contributed by atoms with Crippen molar-refractivity contribution in [2.45, 2.75) is 32.2 Å². The number of hydrogen-bond acceptors (Lipinski definition) is 2. The number of piperidine rings is 1. The molecule has 1 fully saturated rings. The fourth-order valence-corrected chi connectivity index (χ4v) is 2.49. The quantitative estimate of drug-likeness (QED) is 0.882. The third kappa shape index (κ3) is 2.75. The van der Waals surface area contributed by atoms with E-state index in [-0.39, 0.29) is 11.7 Å². The van der Waals surface area contributed by atoms with Gasteiger partial charge in [0.15, 0.2) is 0 Å². The summed E-state index contributed by atoms with van der Waals surface area (Å²) in [4.78, 5) is 25.4. The topological polar surface area (TPSA) is 63.4 Å². The van der Waals surface area contributed by atoms with E-state index in [1.54, 1.807) is 6.92 Å². The fourth-order valence-electron chi connectivity index (χ4n) is 2.49. The van der Waals surface area contributed by atoms with Gasteiger partial charge in [-0.25, -0.2) is 4.39 Å². The molecule has 5 heteroatoms. The number of halogens is 1. The molecule has 1 aliphatic rings. The minimum atomic E-state index is -0.550.